The van der Waals surface area contributed by atoms with Gasteiger partial charge in [0.2, 0.25) is 0 Å². The van der Waals surface area contributed by atoms with Crippen molar-refractivity contribution in [3.63, 3.8) is 0 Å². The van der Waals surface area contributed by atoms with Gasteiger partial charge >= 0.3 is 0 Å². The van der Waals surface area contributed by atoms with Crippen LogP contribution >= 0.6 is 12.6 Å². The molecule has 0 aliphatic rings. The third kappa shape index (κ3) is 4.46. The average Bonchev–Trinajstić information content (AvgIpc) is 1.99. The van der Waals surface area contributed by atoms with Gasteiger partial charge in [-0.1, -0.05) is 27.2 Å². The number of hydrogen-bond acceptors (Lipinski definition) is 2. The first-order chi connectivity index (χ1) is 5.11. The van der Waals surface area contributed by atoms with E-state index in [0.717, 1.165) is 12.2 Å². The minimum Gasteiger partial charge on any atom is -0.299 e. The lowest BCUT2D eigenvalue weighted by Crippen LogP contribution is -2.13. The number of ketones is 1. The van der Waals surface area contributed by atoms with Crippen LogP contribution in [0.5, 0.6) is 0 Å². The van der Waals surface area contributed by atoms with E-state index in [1.807, 2.05) is 13.8 Å². The molecule has 0 aliphatic carbocycles. The number of carbonyl (C=O) groups excluding carboxylic acids is 1. The van der Waals surface area contributed by atoms with Crippen molar-refractivity contribution in [2.45, 2.75) is 33.6 Å². The lowest BCUT2D eigenvalue weighted by molar-refractivity contribution is -0.122. The van der Waals surface area contributed by atoms with Gasteiger partial charge < -0.3 is 0 Å². The quantitative estimate of drug-likeness (QED) is 0.634. The van der Waals surface area contributed by atoms with Crippen LogP contribution in [-0.2, 0) is 4.79 Å². The zero-order chi connectivity index (χ0) is 8.85. The van der Waals surface area contributed by atoms with Crippen LogP contribution in [0, 0.1) is 11.8 Å². The lowest BCUT2D eigenvalue weighted by atomic mass is 9.96. The molecule has 0 aliphatic heterocycles. The molecule has 0 bridgehead atoms. The van der Waals surface area contributed by atoms with Crippen LogP contribution in [0.3, 0.4) is 0 Å². The molecule has 1 nitrogen and oxygen atoms in total. The van der Waals surface area contributed by atoms with Gasteiger partial charge in [0.15, 0.2) is 0 Å². The Morgan fingerprint density at radius 1 is 1.45 bits per heavy atom. The van der Waals surface area contributed by atoms with Gasteiger partial charge in [-0.25, -0.2) is 0 Å². The number of Topliss-reactive ketones (excluding diaryl/α,β-unsaturated/α-hetero) is 1. The largest absolute Gasteiger partial charge is 0.299 e. The van der Waals surface area contributed by atoms with E-state index in [-0.39, 0.29) is 5.92 Å². The Morgan fingerprint density at radius 3 is 2.27 bits per heavy atom. The van der Waals surface area contributed by atoms with E-state index < -0.39 is 0 Å². The van der Waals surface area contributed by atoms with Gasteiger partial charge in [0.25, 0.3) is 0 Å². The maximum absolute atomic E-state index is 11.2. The first-order valence-electron chi connectivity index (χ1n) is 4.25. The second-order valence-electron chi connectivity index (χ2n) is 3.28. The zero-order valence-corrected chi connectivity index (χ0v) is 8.53. The molecule has 0 radical (unpaired) electrons. The summed E-state index contributed by atoms with van der Waals surface area (Å²) in [7, 11) is 0. The Balaban J connectivity index is 3.72. The first kappa shape index (κ1) is 11.0. The molecule has 0 saturated carbocycles. The summed E-state index contributed by atoms with van der Waals surface area (Å²) < 4.78 is 0. The van der Waals surface area contributed by atoms with E-state index in [1.165, 1.54) is 0 Å². The Kier molecular flexibility index (Phi) is 5.65. The highest BCUT2D eigenvalue weighted by Gasteiger charge is 2.12. The number of hydrogen-bond donors (Lipinski definition) is 1. The van der Waals surface area contributed by atoms with Gasteiger partial charge in [0.05, 0.1) is 0 Å². The van der Waals surface area contributed by atoms with Crippen molar-refractivity contribution in [1.29, 1.82) is 0 Å². The van der Waals surface area contributed by atoms with Crippen molar-refractivity contribution < 1.29 is 4.79 Å². The van der Waals surface area contributed by atoms with Crippen LogP contribution in [0.2, 0.25) is 0 Å². The molecule has 0 spiro atoms. The molecular formula is C9H18OS. The molecule has 1 unspecified atom stereocenters. The van der Waals surface area contributed by atoms with Crippen LogP contribution in [0.1, 0.15) is 33.6 Å². The Labute approximate surface area is 75.0 Å². The molecule has 0 aromatic carbocycles. The molecule has 11 heavy (non-hydrogen) atoms. The van der Waals surface area contributed by atoms with Gasteiger partial charge in [-0.15, -0.1) is 0 Å². The minimum atomic E-state index is 0.184. The van der Waals surface area contributed by atoms with Crippen LogP contribution in [0.4, 0.5) is 0 Å². The van der Waals surface area contributed by atoms with E-state index >= 15 is 0 Å². The normalized spacial score (nSPS) is 13.5. The van der Waals surface area contributed by atoms with Crippen LogP contribution in [-0.4, -0.2) is 11.5 Å². The Bertz CT molecular complexity index is 117. The van der Waals surface area contributed by atoms with Crippen molar-refractivity contribution in [3.05, 3.63) is 0 Å². The molecule has 0 saturated heterocycles. The molecular weight excluding hydrogens is 156 g/mol. The van der Waals surface area contributed by atoms with Crippen molar-refractivity contribution >= 4 is 18.4 Å². The summed E-state index contributed by atoms with van der Waals surface area (Å²) in [6.45, 7) is 6.01. The van der Waals surface area contributed by atoms with E-state index in [0.29, 0.717) is 18.1 Å². The number of carbonyl (C=O) groups is 1. The van der Waals surface area contributed by atoms with Gasteiger partial charge in [0.1, 0.15) is 5.78 Å². The summed E-state index contributed by atoms with van der Waals surface area (Å²) in [4.78, 5) is 11.2. The molecule has 1 atom stereocenters. The molecule has 0 rings (SSSR count). The van der Waals surface area contributed by atoms with E-state index in [4.69, 9.17) is 0 Å². The van der Waals surface area contributed by atoms with Crippen LogP contribution in [0.25, 0.3) is 0 Å². The summed E-state index contributed by atoms with van der Waals surface area (Å²) in [6, 6.07) is 0. The fourth-order valence-corrected chi connectivity index (χ4v) is 1.25. The van der Waals surface area contributed by atoms with Gasteiger partial charge in [-0.05, 0) is 11.7 Å². The highest BCUT2D eigenvalue weighted by Crippen LogP contribution is 2.13. The number of thiol groups is 1. The zero-order valence-electron chi connectivity index (χ0n) is 7.63. The molecule has 0 fully saturated rings. The third-order valence-electron chi connectivity index (χ3n) is 1.97. The van der Waals surface area contributed by atoms with E-state index in [9.17, 15) is 4.79 Å². The molecule has 0 aromatic heterocycles. The Morgan fingerprint density at radius 2 is 2.00 bits per heavy atom. The molecule has 0 aromatic rings. The lowest BCUT2D eigenvalue weighted by Gasteiger charge is -2.11. The topological polar surface area (TPSA) is 17.1 Å². The smallest absolute Gasteiger partial charge is 0.135 e. The third-order valence-corrected chi connectivity index (χ3v) is 2.49. The SMILES string of the molecule is CCC(CS)CC(=O)C(C)C. The van der Waals surface area contributed by atoms with Gasteiger partial charge in [-0.3, -0.25) is 4.79 Å². The fourth-order valence-electron chi connectivity index (χ4n) is 0.858. The van der Waals surface area contributed by atoms with Crippen molar-refractivity contribution in [3.8, 4) is 0 Å². The maximum Gasteiger partial charge on any atom is 0.135 e. The van der Waals surface area contributed by atoms with Gasteiger partial charge in [0, 0.05) is 12.3 Å². The molecule has 0 heterocycles. The standard InChI is InChI=1S/C9H18OS/c1-4-8(6-11)5-9(10)7(2)3/h7-8,11H,4-6H2,1-3H3. The molecule has 66 valence electrons. The fraction of sp³-hybridized carbons (Fsp3) is 0.889. The average molecular weight is 174 g/mol. The molecule has 0 N–H and O–H groups in total. The summed E-state index contributed by atoms with van der Waals surface area (Å²) in [5.74, 6) is 1.86. The highest BCUT2D eigenvalue weighted by atomic mass is 32.1. The van der Waals surface area contributed by atoms with Crippen LogP contribution < -0.4 is 0 Å². The monoisotopic (exact) mass is 174 g/mol. The van der Waals surface area contributed by atoms with Crippen LogP contribution in [0.15, 0.2) is 0 Å². The second kappa shape index (κ2) is 5.64. The summed E-state index contributed by atoms with van der Waals surface area (Å²) in [5, 5.41) is 0. The maximum atomic E-state index is 11.2. The second-order valence-corrected chi connectivity index (χ2v) is 3.65. The molecule has 2 heteroatoms. The van der Waals surface area contributed by atoms with E-state index in [2.05, 4.69) is 19.6 Å². The summed E-state index contributed by atoms with van der Waals surface area (Å²) in [5.41, 5.74) is 0. The predicted octanol–water partition coefficient (Wildman–Crippen LogP) is 2.56. The van der Waals surface area contributed by atoms with Crippen molar-refractivity contribution in [1.82, 2.24) is 0 Å². The van der Waals surface area contributed by atoms with Gasteiger partial charge in [-0.2, -0.15) is 12.6 Å². The van der Waals surface area contributed by atoms with Crippen molar-refractivity contribution in [2.75, 3.05) is 5.75 Å². The number of rotatable bonds is 5. The predicted molar refractivity (Wildman–Crippen MR) is 52.1 cm³/mol. The minimum absolute atomic E-state index is 0.184. The first-order valence-corrected chi connectivity index (χ1v) is 4.88. The Hall–Kier alpha value is 0.0200. The summed E-state index contributed by atoms with van der Waals surface area (Å²) >= 11 is 4.19. The highest BCUT2D eigenvalue weighted by molar-refractivity contribution is 7.80. The van der Waals surface area contributed by atoms with E-state index in [1.54, 1.807) is 0 Å². The summed E-state index contributed by atoms with van der Waals surface area (Å²) in [6.07, 6.45) is 1.76. The van der Waals surface area contributed by atoms with Crippen molar-refractivity contribution in [2.24, 2.45) is 11.8 Å². The molecule has 0 amide bonds.